The van der Waals surface area contributed by atoms with Crippen LogP contribution in [-0.4, -0.2) is 50.3 Å². The van der Waals surface area contributed by atoms with E-state index in [0.717, 1.165) is 22.4 Å². The van der Waals surface area contributed by atoms with Crippen LogP contribution in [0, 0.1) is 0 Å². The van der Waals surface area contributed by atoms with Crippen molar-refractivity contribution in [3.8, 4) is 23.0 Å². The Labute approximate surface area is 214 Å². The van der Waals surface area contributed by atoms with Crippen LogP contribution in [0.25, 0.3) is 5.70 Å². The number of hydrogen-bond acceptors (Lipinski definition) is 6. The lowest BCUT2D eigenvalue weighted by Gasteiger charge is -2.41. The molecule has 3 aromatic carbocycles. The molecule has 8 heteroatoms. The number of hydrogen-bond donors (Lipinski definition) is 1. The van der Waals surface area contributed by atoms with E-state index in [-0.39, 0.29) is 18.6 Å². The zero-order valence-electron chi connectivity index (χ0n) is 20.5. The number of nitrogens with one attached hydrogen (secondary N) is 1. The van der Waals surface area contributed by atoms with E-state index in [1.165, 1.54) is 0 Å². The number of carbonyl (C=O) groups excluding carboxylic acids is 2. The summed E-state index contributed by atoms with van der Waals surface area (Å²) in [5, 5.41) is 3.01. The Morgan fingerprint density at radius 3 is 2.51 bits per heavy atom. The van der Waals surface area contributed by atoms with Crippen molar-refractivity contribution in [3.63, 3.8) is 0 Å². The molecule has 3 heterocycles. The fourth-order valence-corrected chi connectivity index (χ4v) is 5.24. The standard InChI is InChI=1S/C29H26N2O6/c1-34-24-12-19-10-11-31-22(20(19)15-25(24)35-2)14-21(18-8-9-23-26(13-18)37-16-36-23)27(29(31)33)30-28(32)17-6-4-3-5-7-17/h3-9,12-15,21,27H,10-11,16H2,1-2H3,(H,30,32)/t21-,27+/m0/s1. The van der Waals surface area contributed by atoms with Crippen molar-refractivity contribution in [2.45, 2.75) is 18.4 Å². The highest BCUT2D eigenvalue weighted by molar-refractivity contribution is 6.01. The molecule has 0 saturated heterocycles. The molecule has 0 radical (unpaired) electrons. The molecule has 0 unspecified atom stereocenters. The maximum Gasteiger partial charge on any atom is 0.251 e. The van der Waals surface area contributed by atoms with E-state index >= 15 is 0 Å². The Kier molecular flexibility index (Phi) is 5.71. The van der Waals surface area contributed by atoms with Gasteiger partial charge in [0.25, 0.3) is 11.8 Å². The van der Waals surface area contributed by atoms with Crippen molar-refractivity contribution in [2.75, 3.05) is 27.6 Å². The number of fused-ring (bicyclic) bond motifs is 4. The molecule has 3 aliphatic heterocycles. The Balaban J connectivity index is 1.46. The number of rotatable bonds is 5. The second-order valence-corrected chi connectivity index (χ2v) is 9.11. The second-order valence-electron chi connectivity index (χ2n) is 9.11. The first kappa shape index (κ1) is 23.0. The molecule has 3 aliphatic rings. The van der Waals surface area contributed by atoms with Gasteiger partial charge in [-0.2, -0.15) is 0 Å². The molecular formula is C29H26N2O6. The summed E-state index contributed by atoms with van der Waals surface area (Å²) < 4.78 is 22.1. The number of nitrogens with zero attached hydrogens (tertiary/aromatic N) is 1. The van der Waals surface area contributed by atoms with E-state index in [1.54, 1.807) is 43.4 Å². The molecule has 2 atom stereocenters. The third kappa shape index (κ3) is 3.94. The zero-order valence-corrected chi connectivity index (χ0v) is 20.5. The Bertz CT molecular complexity index is 1420. The van der Waals surface area contributed by atoms with Crippen LogP contribution in [0.15, 0.2) is 66.7 Å². The Hall–Kier alpha value is -4.46. The second kappa shape index (κ2) is 9.20. The van der Waals surface area contributed by atoms with Crippen molar-refractivity contribution in [3.05, 3.63) is 89.0 Å². The minimum Gasteiger partial charge on any atom is -0.493 e. The van der Waals surface area contributed by atoms with Gasteiger partial charge in [0, 0.05) is 29.3 Å². The summed E-state index contributed by atoms with van der Waals surface area (Å²) in [6.07, 6.45) is 2.71. The minimum atomic E-state index is -0.793. The van der Waals surface area contributed by atoms with E-state index < -0.39 is 12.0 Å². The third-order valence-electron chi connectivity index (χ3n) is 7.11. The van der Waals surface area contributed by atoms with Gasteiger partial charge in [0.05, 0.1) is 14.2 Å². The third-order valence-corrected chi connectivity index (χ3v) is 7.11. The number of ether oxygens (including phenoxy) is 4. The normalized spacial score (nSPS) is 19.5. The summed E-state index contributed by atoms with van der Waals surface area (Å²) in [4.78, 5) is 28.9. The Morgan fingerprint density at radius 1 is 0.973 bits per heavy atom. The van der Waals surface area contributed by atoms with Crippen LogP contribution >= 0.6 is 0 Å². The van der Waals surface area contributed by atoms with E-state index in [0.29, 0.717) is 41.5 Å². The van der Waals surface area contributed by atoms with E-state index in [9.17, 15) is 9.59 Å². The highest BCUT2D eigenvalue weighted by Gasteiger charge is 2.41. The number of methoxy groups -OCH3 is 2. The molecule has 0 spiro atoms. The minimum absolute atomic E-state index is 0.153. The van der Waals surface area contributed by atoms with Crippen molar-refractivity contribution >= 4 is 17.5 Å². The first-order valence-electron chi connectivity index (χ1n) is 12.1. The van der Waals surface area contributed by atoms with Gasteiger partial charge in [0.1, 0.15) is 6.04 Å². The van der Waals surface area contributed by atoms with E-state index in [1.807, 2.05) is 36.4 Å². The van der Waals surface area contributed by atoms with Gasteiger partial charge in [0.15, 0.2) is 23.0 Å². The van der Waals surface area contributed by atoms with Crippen LogP contribution in [0.3, 0.4) is 0 Å². The van der Waals surface area contributed by atoms with E-state index in [2.05, 4.69) is 11.4 Å². The van der Waals surface area contributed by atoms with Gasteiger partial charge in [-0.1, -0.05) is 24.3 Å². The molecule has 2 amide bonds. The molecule has 8 nitrogen and oxygen atoms in total. The number of benzene rings is 3. The maximum absolute atomic E-state index is 14.0. The maximum atomic E-state index is 14.0. The molecule has 3 aromatic rings. The molecular weight excluding hydrogens is 472 g/mol. The molecule has 188 valence electrons. The smallest absolute Gasteiger partial charge is 0.251 e. The number of amides is 2. The topological polar surface area (TPSA) is 86.3 Å². The lowest BCUT2D eigenvalue weighted by molar-refractivity contribution is -0.131. The van der Waals surface area contributed by atoms with Gasteiger partial charge in [-0.05, 0) is 60.0 Å². The molecule has 0 aliphatic carbocycles. The van der Waals surface area contributed by atoms with Crippen molar-refractivity contribution in [2.24, 2.45) is 0 Å². The molecule has 0 aromatic heterocycles. The van der Waals surface area contributed by atoms with Gasteiger partial charge in [-0.25, -0.2) is 0 Å². The largest absolute Gasteiger partial charge is 0.493 e. The predicted molar refractivity (Wildman–Crippen MR) is 136 cm³/mol. The molecule has 1 N–H and O–H groups in total. The first-order chi connectivity index (χ1) is 18.1. The molecule has 37 heavy (non-hydrogen) atoms. The monoisotopic (exact) mass is 498 g/mol. The SMILES string of the molecule is COc1cc2c(cc1OC)C1=C[C@@H](c3ccc4c(c3)OCO4)[C@@H](NC(=O)c3ccccc3)C(=O)N1CC2. The molecule has 0 fully saturated rings. The lowest BCUT2D eigenvalue weighted by atomic mass is 9.82. The average molecular weight is 499 g/mol. The lowest BCUT2D eigenvalue weighted by Crippen LogP contribution is -2.54. The highest BCUT2D eigenvalue weighted by Crippen LogP contribution is 2.43. The van der Waals surface area contributed by atoms with Gasteiger partial charge in [0.2, 0.25) is 6.79 Å². The Morgan fingerprint density at radius 2 is 1.73 bits per heavy atom. The fourth-order valence-electron chi connectivity index (χ4n) is 5.24. The van der Waals surface area contributed by atoms with Gasteiger partial charge in [-0.15, -0.1) is 0 Å². The molecule has 6 rings (SSSR count). The zero-order chi connectivity index (χ0) is 25.5. The first-order valence-corrected chi connectivity index (χ1v) is 12.1. The quantitative estimate of drug-likeness (QED) is 0.577. The molecule has 0 saturated carbocycles. The summed E-state index contributed by atoms with van der Waals surface area (Å²) in [5.41, 5.74) is 4.12. The van der Waals surface area contributed by atoms with Crippen molar-refractivity contribution < 1.29 is 28.5 Å². The summed E-state index contributed by atoms with van der Waals surface area (Å²) in [5.74, 6) is 1.63. The van der Waals surface area contributed by atoms with Crippen LogP contribution in [0.4, 0.5) is 0 Å². The van der Waals surface area contributed by atoms with Gasteiger partial charge < -0.3 is 29.2 Å². The summed E-state index contributed by atoms with van der Waals surface area (Å²) in [6, 6.07) is 17.6. The summed E-state index contributed by atoms with van der Waals surface area (Å²) >= 11 is 0. The number of carbonyl (C=O) groups is 2. The molecule has 0 bridgehead atoms. The van der Waals surface area contributed by atoms with Gasteiger partial charge >= 0.3 is 0 Å². The highest BCUT2D eigenvalue weighted by atomic mass is 16.7. The van der Waals surface area contributed by atoms with Crippen molar-refractivity contribution in [1.29, 1.82) is 0 Å². The summed E-state index contributed by atoms with van der Waals surface area (Å²) in [7, 11) is 3.20. The summed E-state index contributed by atoms with van der Waals surface area (Å²) in [6.45, 7) is 0.652. The van der Waals surface area contributed by atoms with Crippen LogP contribution in [0.5, 0.6) is 23.0 Å². The predicted octanol–water partition coefficient (Wildman–Crippen LogP) is 3.75. The van der Waals surface area contributed by atoms with Crippen LogP contribution < -0.4 is 24.3 Å². The van der Waals surface area contributed by atoms with Crippen molar-refractivity contribution in [1.82, 2.24) is 10.2 Å². The average Bonchev–Trinajstić information content (AvgIpc) is 3.42. The fraction of sp³-hybridized carbons (Fsp3) is 0.241. The van der Waals surface area contributed by atoms with Crippen LogP contribution in [-0.2, 0) is 11.2 Å². The van der Waals surface area contributed by atoms with Crippen LogP contribution in [0.1, 0.15) is 33.0 Å². The van der Waals surface area contributed by atoms with Crippen LogP contribution in [0.2, 0.25) is 0 Å². The van der Waals surface area contributed by atoms with Gasteiger partial charge in [-0.3, -0.25) is 9.59 Å². The van der Waals surface area contributed by atoms with E-state index in [4.69, 9.17) is 18.9 Å².